The van der Waals surface area contributed by atoms with Gasteiger partial charge in [0.15, 0.2) is 0 Å². The number of anilines is 1. The summed E-state index contributed by atoms with van der Waals surface area (Å²) in [5.74, 6) is 0. The van der Waals surface area contributed by atoms with E-state index < -0.39 is 0 Å². The van der Waals surface area contributed by atoms with Crippen molar-refractivity contribution in [2.24, 2.45) is 7.05 Å². The third-order valence-corrected chi connectivity index (χ3v) is 3.86. The first-order valence-corrected chi connectivity index (χ1v) is 6.43. The van der Waals surface area contributed by atoms with Gasteiger partial charge < -0.3 is 5.32 Å². The van der Waals surface area contributed by atoms with E-state index in [2.05, 4.69) is 51.5 Å². The molecule has 90 valence electrons. The van der Waals surface area contributed by atoms with E-state index in [9.17, 15) is 0 Å². The predicted molar refractivity (Wildman–Crippen MR) is 74.3 cm³/mol. The molecule has 4 heteroatoms. The minimum atomic E-state index is 0.904. The molecule has 1 heterocycles. The van der Waals surface area contributed by atoms with Gasteiger partial charge in [-0.25, -0.2) is 0 Å². The molecule has 0 atom stereocenters. The Labute approximate surface area is 110 Å². The molecule has 0 aliphatic rings. The Bertz CT molecular complexity index is 505. The molecule has 0 saturated heterocycles. The molecule has 1 aromatic carbocycles. The van der Waals surface area contributed by atoms with Crippen LogP contribution in [0, 0.1) is 6.92 Å². The minimum Gasteiger partial charge on any atom is -0.384 e. The first kappa shape index (κ1) is 12.2. The highest BCUT2D eigenvalue weighted by Gasteiger charge is 2.02. The van der Waals surface area contributed by atoms with Gasteiger partial charge in [0, 0.05) is 42.1 Å². The first-order chi connectivity index (χ1) is 8.18. The van der Waals surface area contributed by atoms with Gasteiger partial charge in [-0.2, -0.15) is 5.10 Å². The van der Waals surface area contributed by atoms with E-state index in [-0.39, 0.29) is 0 Å². The Morgan fingerprint density at radius 2 is 2.18 bits per heavy atom. The largest absolute Gasteiger partial charge is 0.384 e. The molecule has 0 bridgehead atoms. The highest BCUT2D eigenvalue weighted by molar-refractivity contribution is 9.10. The van der Waals surface area contributed by atoms with Crippen molar-refractivity contribution in [2.45, 2.75) is 13.3 Å². The van der Waals surface area contributed by atoms with Gasteiger partial charge in [0.1, 0.15) is 0 Å². The second-order valence-corrected chi connectivity index (χ2v) is 4.85. The molecule has 17 heavy (non-hydrogen) atoms. The summed E-state index contributed by atoms with van der Waals surface area (Å²) in [6.07, 6.45) is 2.80. The van der Waals surface area contributed by atoms with Crippen molar-refractivity contribution in [2.75, 3.05) is 11.9 Å². The van der Waals surface area contributed by atoms with Gasteiger partial charge >= 0.3 is 0 Å². The maximum atomic E-state index is 4.15. The van der Waals surface area contributed by atoms with Crippen LogP contribution in [0.2, 0.25) is 0 Å². The van der Waals surface area contributed by atoms with Crippen molar-refractivity contribution in [3.05, 3.63) is 46.2 Å². The highest BCUT2D eigenvalue weighted by Crippen LogP contribution is 2.25. The molecule has 0 spiro atoms. The van der Waals surface area contributed by atoms with Crippen LogP contribution in [0.25, 0.3) is 0 Å². The van der Waals surface area contributed by atoms with Gasteiger partial charge in [-0.1, -0.05) is 12.1 Å². The maximum Gasteiger partial charge on any atom is 0.0492 e. The van der Waals surface area contributed by atoms with E-state index in [1.165, 1.54) is 11.3 Å². The molecular weight excluding hydrogens is 278 g/mol. The van der Waals surface area contributed by atoms with Crippen molar-refractivity contribution in [3.63, 3.8) is 0 Å². The van der Waals surface area contributed by atoms with Gasteiger partial charge in [-0.05, 0) is 40.5 Å². The molecule has 3 nitrogen and oxygen atoms in total. The summed E-state index contributed by atoms with van der Waals surface area (Å²) in [4.78, 5) is 0. The van der Waals surface area contributed by atoms with E-state index in [0.29, 0.717) is 0 Å². The molecule has 2 aromatic rings. The number of hydrogen-bond acceptors (Lipinski definition) is 2. The predicted octanol–water partition coefficient (Wildman–Crippen LogP) is 3.15. The van der Waals surface area contributed by atoms with Crippen molar-refractivity contribution in [3.8, 4) is 0 Å². The first-order valence-electron chi connectivity index (χ1n) is 5.64. The molecule has 0 amide bonds. The molecule has 0 radical (unpaired) electrons. The van der Waals surface area contributed by atoms with Gasteiger partial charge in [0.2, 0.25) is 0 Å². The van der Waals surface area contributed by atoms with E-state index in [4.69, 9.17) is 0 Å². The quantitative estimate of drug-likeness (QED) is 0.939. The average molecular weight is 294 g/mol. The van der Waals surface area contributed by atoms with Gasteiger partial charge in [0.05, 0.1) is 0 Å². The van der Waals surface area contributed by atoms with E-state index in [1.54, 1.807) is 0 Å². The summed E-state index contributed by atoms with van der Waals surface area (Å²) in [6, 6.07) is 8.29. The van der Waals surface area contributed by atoms with E-state index in [0.717, 1.165) is 23.1 Å². The lowest BCUT2D eigenvalue weighted by Gasteiger charge is -2.10. The lowest BCUT2D eigenvalue weighted by Crippen LogP contribution is -2.08. The second kappa shape index (κ2) is 5.36. The third kappa shape index (κ3) is 2.88. The average Bonchev–Trinajstić information content (AvgIpc) is 2.71. The number of halogens is 1. The number of benzene rings is 1. The summed E-state index contributed by atoms with van der Waals surface area (Å²) in [5, 5.41) is 7.58. The zero-order chi connectivity index (χ0) is 12.3. The number of nitrogens with zero attached hydrogens (tertiary/aromatic N) is 2. The summed E-state index contributed by atoms with van der Waals surface area (Å²) in [6.45, 7) is 3.00. The van der Waals surface area contributed by atoms with Crippen LogP contribution in [0.1, 0.15) is 11.3 Å². The zero-order valence-electron chi connectivity index (χ0n) is 10.1. The SMILES string of the molecule is Cc1cccc(NCCc2ccnn2C)c1Br. The van der Waals surface area contributed by atoms with Crippen LogP contribution in [0.3, 0.4) is 0 Å². The fraction of sp³-hybridized carbons (Fsp3) is 0.308. The molecule has 0 aliphatic heterocycles. The molecule has 1 aromatic heterocycles. The Hall–Kier alpha value is -1.29. The van der Waals surface area contributed by atoms with Crippen molar-refractivity contribution in [1.29, 1.82) is 0 Å². The fourth-order valence-electron chi connectivity index (χ4n) is 1.76. The van der Waals surface area contributed by atoms with Crippen LogP contribution in [-0.4, -0.2) is 16.3 Å². The number of hydrogen-bond donors (Lipinski definition) is 1. The summed E-state index contributed by atoms with van der Waals surface area (Å²) >= 11 is 3.59. The Kier molecular flexibility index (Phi) is 3.84. The van der Waals surface area contributed by atoms with E-state index >= 15 is 0 Å². The third-order valence-electron chi connectivity index (χ3n) is 2.81. The van der Waals surface area contributed by atoms with Crippen LogP contribution < -0.4 is 5.32 Å². The Morgan fingerprint density at radius 1 is 1.35 bits per heavy atom. The fourth-order valence-corrected chi connectivity index (χ4v) is 2.16. The number of aryl methyl sites for hydroxylation is 2. The van der Waals surface area contributed by atoms with E-state index in [1.807, 2.05) is 24.0 Å². The number of rotatable bonds is 4. The summed E-state index contributed by atoms with van der Waals surface area (Å²) < 4.78 is 3.05. The Balaban J connectivity index is 1.95. The van der Waals surface area contributed by atoms with Crippen LogP contribution in [-0.2, 0) is 13.5 Å². The van der Waals surface area contributed by atoms with Crippen molar-refractivity contribution in [1.82, 2.24) is 9.78 Å². The molecule has 0 aliphatic carbocycles. The lowest BCUT2D eigenvalue weighted by atomic mass is 10.2. The smallest absolute Gasteiger partial charge is 0.0492 e. The molecular formula is C13H16BrN3. The van der Waals surface area contributed by atoms with Crippen LogP contribution in [0.5, 0.6) is 0 Å². The normalized spacial score (nSPS) is 10.5. The molecule has 1 N–H and O–H groups in total. The number of aromatic nitrogens is 2. The summed E-state index contributed by atoms with van der Waals surface area (Å²) in [5.41, 5.74) is 3.63. The van der Waals surface area contributed by atoms with Crippen LogP contribution in [0.15, 0.2) is 34.9 Å². The molecule has 0 saturated carbocycles. The van der Waals surface area contributed by atoms with Gasteiger partial charge in [0.25, 0.3) is 0 Å². The molecule has 0 fully saturated rings. The number of nitrogens with one attached hydrogen (secondary N) is 1. The van der Waals surface area contributed by atoms with Crippen LogP contribution >= 0.6 is 15.9 Å². The van der Waals surface area contributed by atoms with Gasteiger partial charge in [-0.3, -0.25) is 4.68 Å². The maximum absolute atomic E-state index is 4.15. The second-order valence-electron chi connectivity index (χ2n) is 4.06. The van der Waals surface area contributed by atoms with Gasteiger partial charge in [-0.15, -0.1) is 0 Å². The standard InChI is InChI=1S/C13H16BrN3/c1-10-4-3-5-12(13(10)14)15-8-6-11-7-9-16-17(11)2/h3-5,7,9,15H,6,8H2,1-2H3. The highest BCUT2D eigenvalue weighted by atomic mass is 79.9. The van der Waals surface area contributed by atoms with Crippen LogP contribution in [0.4, 0.5) is 5.69 Å². The lowest BCUT2D eigenvalue weighted by molar-refractivity contribution is 0.711. The Morgan fingerprint density at radius 3 is 2.88 bits per heavy atom. The van der Waals surface area contributed by atoms with Crippen molar-refractivity contribution < 1.29 is 0 Å². The molecule has 2 rings (SSSR count). The topological polar surface area (TPSA) is 29.9 Å². The summed E-state index contributed by atoms with van der Waals surface area (Å²) in [7, 11) is 1.97. The minimum absolute atomic E-state index is 0.904. The van der Waals surface area contributed by atoms with Crippen molar-refractivity contribution >= 4 is 21.6 Å². The molecule has 0 unspecified atom stereocenters. The monoisotopic (exact) mass is 293 g/mol. The zero-order valence-corrected chi connectivity index (χ0v) is 11.7.